The molecule has 3 aromatic rings. The zero-order valence-electron chi connectivity index (χ0n) is 17.7. The molecule has 2 aromatic carbocycles. The molecule has 2 heteroatoms. The number of rotatable bonds is 1. The number of nitrogens with zero attached hydrogens (tertiary/aromatic N) is 1. The summed E-state index contributed by atoms with van der Waals surface area (Å²) in [6.45, 7) is 9.40. The number of fused-ring (bicyclic) bond motifs is 3. The van der Waals surface area contributed by atoms with Crippen LogP contribution in [-0.2, 0) is 43.8 Å². The van der Waals surface area contributed by atoms with Gasteiger partial charge in [0.05, 0.1) is 0 Å². The Morgan fingerprint density at radius 2 is 1.48 bits per heavy atom. The minimum absolute atomic E-state index is 0. The molecule has 0 amide bonds. The van der Waals surface area contributed by atoms with Crippen molar-refractivity contribution >= 4 is 0 Å². The Morgan fingerprint density at radius 3 is 2.21 bits per heavy atom. The van der Waals surface area contributed by atoms with E-state index in [0.717, 1.165) is 11.3 Å². The van der Waals surface area contributed by atoms with E-state index in [0.29, 0.717) is 0 Å². The van der Waals surface area contributed by atoms with Crippen molar-refractivity contribution in [3.63, 3.8) is 0 Å². The first-order valence-electron chi connectivity index (χ1n) is 10.5. The van der Waals surface area contributed by atoms with Gasteiger partial charge < -0.3 is 4.98 Å². The Labute approximate surface area is 188 Å². The van der Waals surface area contributed by atoms with E-state index in [1.54, 1.807) is 0 Å². The van der Waals surface area contributed by atoms with Gasteiger partial charge in [0.1, 0.15) is 0 Å². The Bertz CT molecular complexity index is 1080. The number of hydrogen-bond acceptors (Lipinski definition) is 1. The molecule has 0 saturated heterocycles. The summed E-state index contributed by atoms with van der Waals surface area (Å²) in [6.07, 6.45) is 6.97. The fourth-order valence-corrected chi connectivity index (χ4v) is 5.47. The Kier molecular flexibility index (Phi) is 5.08. The van der Waals surface area contributed by atoms with Crippen molar-refractivity contribution in [3.8, 4) is 11.3 Å². The van der Waals surface area contributed by atoms with Gasteiger partial charge in [-0.2, -0.15) is 0 Å². The van der Waals surface area contributed by atoms with Crippen LogP contribution in [0.4, 0.5) is 0 Å². The maximum Gasteiger partial charge on any atom is 0.0164 e. The van der Waals surface area contributed by atoms with Gasteiger partial charge in [-0.1, -0.05) is 71.2 Å². The predicted octanol–water partition coefficient (Wildman–Crippen LogP) is 6.39. The summed E-state index contributed by atoms with van der Waals surface area (Å²) < 4.78 is 0. The van der Waals surface area contributed by atoms with Gasteiger partial charge in [0.25, 0.3) is 0 Å². The van der Waals surface area contributed by atoms with Crippen molar-refractivity contribution in [2.24, 2.45) is 0 Å². The van der Waals surface area contributed by atoms with Crippen LogP contribution in [0.2, 0.25) is 0 Å². The molecule has 5 rings (SSSR count). The molecule has 151 valence electrons. The van der Waals surface area contributed by atoms with E-state index in [9.17, 15) is 0 Å². The number of hydrogen-bond donors (Lipinski definition) is 0. The molecule has 1 nitrogen and oxygen atoms in total. The molecule has 1 aromatic heterocycles. The van der Waals surface area contributed by atoms with E-state index in [1.165, 1.54) is 59.1 Å². The third kappa shape index (κ3) is 3.04. The number of aromatic nitrogens is 1. The summed E-state index contributed by atoms with van der Waals surface area (Å²) in [7, 11) is 0. The average Bonchev–Trinajstić information content (AvgIpc) is 2.72. The summed E-state index contributed by atoms with van der Waals surface area (Å²) in [4.78, 5) is 4.91. The average molecular weight is 559 g/mol. The summed E-state index contributed by atoms with van der Waals surface area (Å²) in [5.74, 6) is 0. The quantitative estimate of drug-likeness (QED) is 0.316. The van der Waals surface area contributed by atoms with E-state index in [1.807, 2.05) is 6.20 Å². The monoisotopic (exact) mass is 559 g/mol. The largest absolute Gasteiger partial charge is 0.304 e. The standard InChI is InChI=1S/C27H28N.Ir/c1-26(2)21-11-7-8-12-22(21)27(3,4)24-23(26)15-16-28-25(24)20-14-13-18-9-5-6-10-19(18)17-20;/h7-8,11-13,15-17H,5-6,9-10H2,1-4H3;/q-1;. The fraction of sp³-hybridized carbons (Fsp3) is 0.370. The first kappa shape index (κ1) is 20.5. The van der Waals surface area contributed by atoms with Gasteiger partial charge in [-0.05, 0) is 40.4 Å². The van der Waals surface area contributed by atoms with Gasteiger partial charge in [-0.25, -0.2) is 0 Å². The van der Waals surface area contributed by atoms with Crippen LogP contribution in [0, 0.1) is 6.07 Å². The first-order chi connectivity index (χ1) is 13.4. The second-order valence-corrected chi connectivity index (χ2v) is 9.48. The summed E-state index contributed by atoms with van der Waals surface area (Å²) in [5.41, 5.74) is 10.7. The van der Waals surface area contributed by atoms with Crippen LogP contribution in [0.15, 0.2) is 48.7 Å². The first-order valence-corrected chi connectivity index (χ1v) is 10.5. The van der Waals surface area contributed by atoms with Gasteiger partial charge in [-0.15, -0.1) is 34.9 Å². The summed E-state index contributed by atoms with van der Waals surface area (Å²) in [5, 5.41) is 0. The molecule has 0 fully saturated rings. The summed E-state index contributed by atoms with van der Waals surface area (Å²) in [6, 6.07) is 19.3. The van der Waals surface area contributed by atoms with Crippen molar-refractivity contribution in [1.82, 2.24) is 4.98 Å². The van der Waals surface area contributed by atoms with Crippen molar-refractivity contribution in [3.05, 3.63) is 88.1 Å². The molecule has 0 spiro atoms. The predicted molar refractivity (Wildman–Crippen MR) is 116 cm³/mol. The van der Waals surface area contributed by atoms with Gasteiger partial charge in [0, 0.05) is 37.1 Å². The van der Waals surface area contributed by atoms with E-state index < -0.39 is 0 Å². The minimum Gasteiger partial charge on any atom is -0.304 e. The third-order valence-electron chi connectivity index (χ3n) is 7.05. The van der Waals surface area contributed by atoms with Gasteiger partial charge in [-0.3, -0.25) is 0 Å². The Balaban J connectivity index is 0.00000205. The third-order valence-corrected chi connectivity index (χ3v) is 7.05. The van der Waals surface area contributed by atoms with Crippen LogP contribution in [-0.4, -0.2) is 4.98 Å². The SMILES string of the molecule is CC1(C)c2ccccc2C(C)(C)c2c1ccnc2-c1[c-]cc2c(c1)CCCC2.[Ir]. The van der Waals surface area contributed by atoms with Crippen molar-refractivity contribution in [1.29, 1.82) is 0 Å². The molecule has 0 aliphatic heterocycles. The summed E-state index contributed by atoms with van der Waals surface area (Å²) >= 11 is 0. The van der Waals surface area contributed by atoms with E-state index in [2.05, 4.69) is 76.2 Å². The van der Waals surface area contributed by atoms with Crippen LogP contribution in [0.25, 0.3) is 11.3 Å². The van der Waals surface area contributed by atoms with Crippen LogP contribution >= 0.6 is 0 Å². The Hall–Kier alpha value is -1.76. The van der Waals surface area contributed by atoms with Crippen molar-refractivity contribution in [2.45, 2.75) is 64.2 Å². The molecule has 0 bridgehead atoms. The number of pyridine rings is 1. The normalized spacial score (nSPS) is 18.1. The van der Waals surface area contributed by atoms with Gasteiger partial charge in [0.15, 0.2) is 0 Å². The second kappa shape index (κ2) is 7.18. The molecule has 2 aliphatic carbocycles. The minimum atomic E-state index is -0.0885. The molecule has 0 saturated carbocycles. The van der Waals surface area contributed by atoms with Gasteiger partial charge >= 0.3 is 0 Å². The maximum atomic E-state index is 4.91. The molecule has 2 aliphatic rings. The topological polar surface area (TPSA) is 12.9 Å². The number of aryl methyl sites for hydroxylation is 2. The Morgan fingerprint density at radius 1 is 0.828 bits per heavy atom. The fourth-order valence-electron chi connectivity index (χ4n) is 5.47. The molecule has 0 N–H and O–H groups in total. The van der Waals surface area contributed by atoms with Crippen LogP contribution in [0.5, 0.6) is 0 Å². The molecule has 1 heterocycles. The van der Waals surface area contributed by atoms with Crippen LogP contribution in [0.3, 0.4) is 0 Å². The van der Waals surface area contributed by atoms with Crippen LogP contribution < -0.4 is 0 Å². The molecular weight excluding hydrogens is 531 g/mol. The van der Waals surface area contributed by atoms with E-state index in [-0.39, 0.29) is 30.9 Å². The van der Waals surface area contributed by atoms with Crippen molar-refractivity contribution < 1.29 is 20.1 Å². The zero-order chi connectivity index (χ0) is 19.5. The second-order valence-electron chi connectivity index (χ2n) is 9.48. The van der Waals surface area contributed by atoms with E-state index in [4.69, 9.17) is 4.98 Å². The van der Waals surface area contributed by atoms with Crippen molar-refractivity contribution in [2.75, 3.05) is 0 Å². The molecule has 0 atom stereocenters. The maximum absolute atomic E-state index is 4.91. The van der Waals surface area contributed by atoms with Gasteiger partial charge in [0.2, 0.25) is 0 Å². The molecule has 29 heavy (non-hydrogen) atoms. The molecule has 1 radical (unpaired) electrons. The molecule has 0 unspecified atom stereocenters. The molecular formula is C27H28IrN-. The smallest absolute Gasteiger partial charge is 0.0164 e. The van der Waals surface area contributed by atoms with Crippen LogP contribution in [0.1, 0.15) is 73.9 Å². The zero-order valence-corrected chi connectivity index (χ0v) is 20.1. The number of benzene rings is 2. The van der Waals surface area contributed by atoms with E-state index >= 15 is 0 Å².